The minimum absolute atomic E-state index is 0.166. The van der Waals surface area contributed by atoms with Gasteiger partial charge in [-0.15, -0.1) is 6.42 Å². The zero-order chi connectivity index (χ0) is 11.5. The van der Waals surface area contributed by atoms with Gasteiger partial charge in [-0.05, 0) is 33.8 Å². The minimum Gasteiger partial charge on any atom is -0.491 e. The summed E-state index contributed by atoms with van der Waals surface area (Å²) in [5.74, 6) is 3.68. The molecule has 0 unspecified atom stereocenters. The number of hydrogen-bond acceptors (Lipinski definition) is 1. The highest BCUT2D eigenvalue weighted by atomic mass is 16.5. The lowest BCUT2D eigenvalue weighted by molar-refractivity contribution is 0.238. The first kappa shape index (κ1) is 11.7. The van der Waals surface area contributed by atoms with E-state index < -0.39 is 0 Å². The fraction of sp³-hybridized carbons (Fsp3) is 0.429. The third-order valence-electron chi connectivity index (χ3n) is 2.28. The van der Waals surface area contributed by atoms with Crippen LogP contribution in [-0.4, -0.2) is 6.10 Å². The Morgan fingerprint density at radius 3 is 2.40 bits per heavy atom. The van der Waals surface area contributed by atoms with Crippen LogP contribution in [0, 0.1) is 12.3 Å². The monoisotopic (exact) mass is 202 g/mol. The molecule has 0 aromatic heterocycles. The smallest absolute Gasteiger partial charge is 0.124 e. The van der Waals surface area contributed by atoms with E-state index in [9.17, 15) is 0 Å². The Hall–Kier alpha value is -1.42. The number of para-hydroxylation sites is 1. The first-order valence-electron chi connectivity index (χ1n) is 5.21. The van der Waals surface area contributed by atoms with Crippen molar-refractivity contribution in [1.82, 2.24) is 0 Å². The SMILES string of the molecule is C#CC(C)(C)c1ccccc1OC(C)C. The molecule has 15 heavy (non-hydrogen) atoms. The Labute approximate surface area is 92.5 Å². The molecule has 0 fully saturated rings. The topological polar surface area (TPSA) is 9.23 Å². The molecule has 0 saturated heterocycles. The van der Waals surface area contributed by atoms with Crippen molar-refractivity contribution < 1.29 is 4.74 Å². The first-order chi connectivity index (χ1) is 6.97. The van der Waals surface area contributed by atoms with E-state index >= 15 is 0 Å². The van der Waals surface area contributed by atoms with Gasteiger partial charge in [0.15, 0.2) is 0 Å². The van der Waals surface area contributed by atoms with E-state index in [0.29, 0.717) is 0 Å². The Bertz CT molecular complexity index is 369. The number of benzene rings is 1. The van der Waals surface area contributed by atoms with E-state index in [2.05, 4.69) is 5.92 Å². The Morgan fingerprint density at radius 1 is 1.27 bits per heavy atom. The summed E-state index contributed by atoms with van der Waals surface area (Å²) in [4.78, 5) is 0. The van der Waals surface area contributed by atoms with E-state index in [1.807, 2.05) is 52.0 Å². The summed E-state index contributed by atoms with van der Waals surface area (Å²) in [7, 11) is 0. The zero-order valence-corrected chi connectivity index (χ0v) is 9.87. The maximum Gasteiger partial charge on any atom is 0.124 e. The molecular formula is C14H18O. The van der Waals surface area contributed by atoms with Gasteiger partial charge in [-0.1, -0.05) is 24.1 Å². The van der Waals surface area contributed by atoms with Crippen LogP contribution in [0.4, 0.5) is 0 Å². The van der Waals surface area contributed by atoms with Crippen molar-refractivity contribution in [1.29, 1.82) is 0 Å². The molecule has 1 aromatic carbocycles. The van der Waals surface area contributed by atoms with Crippen LogP contribution in [0.15, 0.2) is 24.3 Å². The van der Waals surface area contributed by atoms with Gasteiger partial charge in [0.25, 0.3) is 0 Å². The normalized spacial score (nSPS) is 11.2. The highest BCUT2D eigenvalue weighted by Crippen LogP contribution is 2.31. The number of hydrogen-bond donors (Lipinski definition) is 0. The molecule has 0 amide bonds. The van der Waals surface area contributed by atoms with Crippen LogP contribution in [0.25, 0.3) is 0 Å². The van der Waals surface area contributed by atoms with Gasteiger partial charge in [0, 0.05) is 5.56 Å². The Kier molecular flexibility index (Phi) is 3.42. The van der Waals surface area contributed by atoms with Crippen LogP contribution < -0.4 is 4.74 Å². The van der Waals surface area contributed by atoms with Crippen LogP contribution in [-0.2, 0) is 5.41 Å². The molecule has 0 radical (unpaired) electrons. The molecule has 0 spiro atoms. The Balaban J connectivity index is 3.13. The van der Waals surface area contributed by atoms with Crippen molar-refractivity contribution >= 4 is 0 Å². The minimum atomic E-state index is -0.286. The Morgan fingerprint density at radius 2 is 1.87 bits per heavy atom. The molecule has 0 heterocycles. The van der Waals surface area contributed by atoms with Crippen molar-refractivity contribution in [2.24, 2.45) is 0 Å². The lowest BCUT2D eigenvalue weighted by Gasteiger charge is -2.22. The number of terminal acetylenes is 1. The third kappa shape index (κ3) is 2.76. The fourth-order valence-corrected chi connectivity index (χ4v) is 1.42. The van der Waals surface area contributed by atoms with E-state index in [0.717, 1.165) is 11.3 Å². The second-order valence-corrected chi connectivity index (χ2v) is 4.43. The van der Waals surface area contributed by atoms with Crippen molar-refractivity contribution in [3.05, 3.63) is 29.8 Å². The fourth-order valence-electron chi connectivity index (χ4n) is 1.42. The molecule has 1 aromatic rings. The van der Waals surface area contributed by atoms with Gasteiger partial charge in [-0.25, -0.2) is 0 Å². The van der Waals surface area contributed by atoms with E-state index in [4.69, 9.17) is 11.2 Å². The highest BCUT2D eigenvalue weighted by Gasteiger charge is 2.21. The van der Waals surface area contributed by atoms with Crippen molar-refractivity contribution in [3.63, 3.8) is 0 Å². The molecule has 0 aliphatic heterocycles. The summed E-state index contributed by atoms with van der Waals surface area (Å²) in [5.41, 5.74) is 0.784. The van der Waals surface area contributed by atoms with E-state index in [1.165, 1.54) is 0 Å². The molecule has 1 rings (SSSR count). The van der Waals surface area contributed by atoms with Gasteiger partial charge in [-0.3, -0.25) is 0 Å². The average Bonchev–Trinajstić information content (AvgIpc) is 2.17. The van der Waals surface area contributed by atoms with E-state index in [-0.39, 0.29) is 11.5 Å². The predicted octanol–water partition coefficient (Wildman–Crippen LogP) is 3.38. The van der Waals surface area contributed by atoms with Crippen LogP contribution in [0.2, 0.25) is 0 Å². The molecule has 0 aliphatic carbocycles. The molecule has 0 bridgehead atoms. The largest absolute Gasteiger partial charge is 0.491 e. The average molecular weight is 202 g/mol. The molecule has 0 aliphatic rings. The lowest BCUT2D eigenvalue weighted by Crippen LogP contribution is -2.17. The van der Waals surface area contributed by atoms with Crippen molar-refractivity contribution in [2.75, 3.05) is 0 Å². The highest BCUT2D eigenvalue weighted by molar-refractivity contribution is 5.43. The summed E-state index contributed by atoms with van der Waals surface area (Å²) in [6, 6.07) is 7.95. The maximum atomic E-state index is 5.74. The summed E-state index contributed by atoms with van der Waals surface area (Å²) in [5, 5.41) is 0. The van der Waals surface area contributed by atoms with Gasteiger partial charge >= 0.3 is 0 Å². The summed E-state index contributed by atoms with van der Waals surface area (Å²) < 4.78 is 5.74. The predicted molar refractivity (Wildman–Crippen MR) is 64.1 cm³/mol. The maximum absolute atomic E-state index is 5.74. The molecular weight excluding hydrogens is 184 g/mol. The number of ether oxygens (including phenoxy) is 1. The van der Waals surface area contributed by atoms with Gasteiger partial charge in [-0.2, -0.15) is 0 Å². The van der Waals surface area contributed by atoms with Gasteiger partial charge in [0.05, 0.1) is 11.5 Å². The molecule has 0 atom stereocenters. The third-order valence-corrected chi connectivity index (χ3v) is 2.28. The standard InChI is InChI=1S/C14H18O/c1-6-14(4,5)12-9-7-8-10-13(12)15-11(2)3/h1,7-11H,2-5H3. The van der Waals surface area contributed by atoms with Gasteiger partial charge in [0.2, 0.25) is 0 Å². The van der Waals surface area contributed by atoms with Gasteiger partial charge in [0.1, 0.15) is 5.75 Å². The molecule has 1 nitrogen and oxygen atoms in total. The molecule has 80 valence electrons. The quantitative estimate of drug-likeness (QED) is 0.683. The van der Waals surface area contributed by atoms with Crippen LogP contribution in [0.3, 0.4) is 0 Å². The van der Waals surface area contributed by atoms with Crippen LogP contribution in [0.5, 0.6) is 5.75 Å². The lowest BCUT2D eigenvalue weighted by atomic mass is 9.85. The second kappa shape index (κ2) is 4.40. The zero-order valence-electron chi connectivity index (χ0n) is 9.87. The number of rotatable bonds is 3. The van der Waals surface area contributed by atoms with Crippen molar-refractivity contribution in [3.8, 4) is 18.1 Å². The first-order valence-corrected chi connectivity index (χ1v) is 5.21. The molecule has 1 heteroatoms. The molecule has 0 N–H and O–H groups in total. The second-order valence-electron chi connectivity index (χ2n) is 4.43. The molecule has 0 saturated carbocycles. The van der Waals surface area contributed by atoms with Crippen LogP contribution >= 0.6 is 0 Å². The summed E-state index contributed by atoms with van der Waals surface area (Å²) in [6.07, 6.45) is 5.70. The van der Waals surface area contributed by atoms with Gasteiger partial charge < -0.3 is 4.74 Å². The summed E-state index contributed by atoms with van der Waals surface area (Å²) in [6.45, 7) is 8.07. The van der Waals surface area contributed by atoms with Crippen LogP contribution in [0.1, 0.15) is 33.3 Å². The van der Waals surface area contributed by atoms with E-state index in [1.54, 1.807) is 0 Å². The van der Waals surface area contributed by atoms with Crippen molar-refractivity contribution in [2.45, 2.75) is 39.2 Å². The summed E-state index contributed by atoms with van der Waals surface area (Å²) >= 11 is 0.